The average molecular weight is 254 g/mol. The van der Waals surface area contributed by atoms with Crippen LogP contribution in [0.2, 0.25) is 0 Å². The van der Waals surface area contributed by atoms with Crippen LogP contribution in [-0.2, 0) is 9.59 Å². The predicted octanol–water partition coefficient (Wildman–Crippen LogP) is -1.51. The van der Waals surface area contributed by atoms with Crippen molar-refractivity contribution in [3.8, 4) is 0 Å². The van der Waals surface area contributed by atoms with Crippen molar-refractivity contribution in [3.63, 3.8) is 0 Å². The number of amides is 2. The van der Waals surface area contributed by atoms with E-state index in [1.807, 2.05) is 4.90 Å². The Morgan fingerprint density at radius 2 is 2.00 bits per heavy atom. The van der Waals surface area contributed by atoms with E-state index < -0.39 is 0 Å². The van der Waals surface area contributed by atoms with Crippen LogP contribution in [-0.4, -0.2) is 74.5 Å². The second-order valence-electron chi connectivity index (χ2n) is 4.96. The van der Waals surface area contributed by atoms with Crippen LogP contribution in [0.4, 0.5) is 0 Å². The molecule has 0 aromatic carbocycles. The molecule has 0 saturated carbocycles. The molecular weight excluding hydrogens is 232 g/mol. The summed E-state index contributed by atoms with van der Waals surface area (Å²) < 4.78 is 0. The van der Waals surface area contributed by atoms with Gasteiger partial charge in [-0.1, -0.05) is 0 Å². The zero-order valence-corrected chi connectivity index (χ0v) is 10.9. The molecule has 1 unspecified atom stereocenters. The fraction of sp³-hybridized carbons (Fsp3) is 0.833. The van der Waals surface area contributed by atoms with Gasteiger partial charge in [0.05, 0.1) is 12.5 Å². The van der Waals surface area contributed by atoms with E-state index in [2.05, 4.69) is 15.5 Å². The molecule has 2 aliphatic heterocycles. The Bertz CT molecular complexity index is 307. The summed E-state index contributed by atoms with van der Waals surface area (Å²) in [4.78, 5) is 27.5. The number of likely N-dealkylation sites (N-methyl/N-ethyl adjacent to an activating group) is 1. The average Bonchev–Trinajstić information content (AvgIpc) is 2.92. The van der Waals surface area contributed by atoms with Gasteiger partial charge in [0.2, 0.25) is 11.8 Å². The molecule has 0 aromatic rings. The maximum Gasteiger partial charge on any atom is 0.233 e. The van der Waals surface area contributed by atoms with Gasteiger partial charge in [0, 0.05) is 39.8 Å². The van der Waals surface area contributed by atoms with Crippen molar-refractivity contribution in [1.82, 2.24) is 20.4 Å². The monoisotopic (exact) mass is 254 g/mol. The molecule has 6 heteroatoms. The minimum absolute atomic E-state index is 0.0368. The van der Waals surface area contributed by atoms with Crippen LogP contribution in [0.1, 0.15) is 6.42 Å². The zero-order valence-electron chi connectivity index (χ0n) is 10.9. The lowest BCUT2D eigenvalue weighted by atomic mass is 10.1. The lowest BCUT2D eigenvalue weighted by Gasteiger charge is -2.35. The van der Waals surface area contributed by atoms with E-state index in [4.69, 9.17) is 0 Å². The van der Waals surface area contributed by atoms with E-state index in [0.717, 1.165) is 45.7 Å². The highest BCUT2D eigenvalue weighted by atomic mass is 16.2. The molecule has 6 nitrogen and oxygen atoms in total. The van der Waals surface area contributed by atoms with Gasteiger partial charge in [0.15, 0.2) is 0 Å². The molecule has 0 aromatic heterocycles. The Labute approximate surface area is 108 Å². The number of nitrogens with one attached hydrogen (secondary N) is 2. The predicted molar refractivity (Wildman–Crippen MR) is 68.1 cm³/mol. The molecule has 2 rings (SSSR count). The molecule has 2 aliphatic rings. The van der Waals surface area contributed by atoms with Crippen LogP contribution in [0.25, 0.3) is 0 Å². The van der Waals surface area contributed by atoms with Gasteiger partial charge in [-0.3, -0.25) is 14.5 Å². The van der Waals surface area contributed by atoms with Gasteiger partial charge < -0.3 is 15.5 Å². The third kappa shape index (κ3) is 3.20. The van der Waals surface area contributed by atoms with Crippen LogP contribution >= 0.6 is 0 Å². The van der Waals surface area contributed by atoms with Crippen molar-refractivity contribution in [2.24, 2.45) is 5.92 Å². The van der Waals surface area contributed by atoms with E-state index in [-0.39, 0.29) is 17.7 Å². The third-order valence-corrected chi connectivity index (χ3v) is 3.74. The van der Waals surface area contributed by atoms with Crippen molar-refractivity contribution in [2.45, 2.75) is 6.42 Å². The molecule has 2 saturated heterocycles. The topological polar surface area (TPSA) is 64.7 Å². The highest BCUT2D eigenvalue weighted by molar-refractivity contribution is 5.80. The van der Waals surface area contributed by atoms with Crippen LogP contribution < -0.4 is 10.6 Å². The van der Waals surface area contributed by atoms with Crippen LogP contribution in [0, 0.1) is 5.92 Å². The van der Waals surface area contributed by atoms with Gasteiger partial charge in [-0.2, -0.15) is 0 Å². The van der Waals surface area contributed by atoms with E-state index in [0.29, 0.717) is 6.54 Å². The quantitative estimate of drug-likeness (QED) is 0.642. The van der Waals surface area contributed by atoms with Gasteiger partial charge in [-0.25, -0.2) is 0 Å². The van der Waals surface area contributed by atoms with Gasteiger partial charge in [-0.05, 0) is 13.0 Å². The molecule has 0 bridgehead atoms. The number of rotatable bonds is 3. The Balaban J connectivity index is 1.75. The van der Waals surface area contributed by atoms with E-state index >= 15 is 0 Å². The first-order valence-electron chi connectivity index (χ1n) is 6.63. The van der Waals surface area contributed by atoms with Gasteiger partial charge in [-0.15, -0.1) is 0 Å². The molecule has 2 amide bonds. The normalized spacial score (nSPS) is 25.2. The lowest BCUT2D eigenvalue weighted by molar-refractivity contribution is -0.136. The molecule has 2 fully saturated rings. The molecule has 0 aliphatic carbocycles. The fourth-order valence-electron chi connectivity index (χ4n) is 2.53. The summed E-state index contributed by atoms with van der Waals surface area (Å²) >= 11 is 0. The molecule has 102 valence electrons. The number of nitrogens with zero attached hydrogens (tertiary/aromatic N) is 2. The SMILES string of the molecule is CNC(=O)CN1CCN(C(=O)C2CCNC2)CC1. The lowest BCUT2D eigenvalue weighted by Crippen LogP contribution is -2.52. The summed E-state index contributed by atoms with van der Waals surface area (Å²) in [5, 5.41) is 5.85. The van der Waals surface area contributed by atoms with Crippen LogP contribution in [0.5, 0.6) is 0 Å². The summed E-state index contributed by atoms with van der Waals surface area (Å²) in [6, 6.07) is 0. The largest absolute Gasteiger partial charge is 0.358 e. The molecule has 18 heavy (non-hydrogen) atoms. The van der Waals surface area contributed by atoms with Crippen LogP contribution in [0.3, 0.4) is 0 Å². The number of hydrogen-bond donors (Lipinski definition) is 2. The number of hydrogen-bond acceptors (Lipinski definition) is 4. The Hall–Kier alpha value is -1.14. The molecule has 2 N–H and O–H groups in total. The van der Waals surface area contributed by atoms with E-state index in [1.54, 1.807) is 7.05 Å². The van der Waals surface area contributed by atoms with Crippen molar-refractivity contribution >= 4 is 11.8 Å². The smallest absolute Gasteiger partial charge is 0.233 e. The first kappa shape index (κ1) is 13.3. The van der Waals surface area contributed by atoms with Crippen molar-refractivity contribution in [1.29, 1.82) is 0 Å². The van der Waals surface area contributed by atoms with Gasteiger partial charge >= 0.3 is 0 Å². The Morgan fingerprint density at radius 1 is 1.28 bits per heavy atom. The second kappa shape index (κ2) is 6.15. The summed E-state index contributed by atoms with van der Waals surface area (Å²) in [6.07, 6.45) is 0.956. The first-order valence-corrected chi connectivity index (χ1v) is 6.63. The number of piperazine rings is 1. The summed E-state index contributed by atoms with van der Waals surface area (Å²) in [7, 11) is 1.65. The summed E-state index contributed by atoms with van der Waals surface area (Å²) in [5.41, 5.74) is 0. The minimum atomic E-state index is 0.0368. The Morgan fingerprint density at radius 3 is 2.56 bits per heavy atom. The van der Waals surface area contributed by atoms with Crippen molar-refractivity contribution < 1.29 is 9.59 Å². The maximum absolute atomic E-state index is 12.2. The molecule has 0 spiro atoms. The van der Waals surface area contributed by atoms with E-state index in [1.165, 1.54) is 0 Å². The summed E-state index contributed by atoms with van der Waals surface area (Å²) in [5.74, 6) is 0.477. The molecular formula is C12H22N4O2. The van der Waals surface area contributed by atoms with Gasteiger partial charge in [0.1, 0.15) is 0 Å². The van der Waals surface area contributed by atoms with Crippen molar-refractivity contribution in [2.75, 3.05) is 52.9 Å². The standard InChI is InChI=1S/C12H22N4O2/c1-13-11(17)9-15-4-6-16(7-5-15)12(18)10-2-3-14-8-10/h10,14H,2-9H2,1H3,(H,13,17). The molecule has 0 radical (unpaired) electrons. The van der Waals surface area contributed by atoms with E-state index in [9.17, 15) is 9.59 Å². The molecule has 1 atom stereocenters. The van der Waals surface area contributed by atoms with Crippen LogP contribution in [0.15, 0.2) is 0 Å². The molecule has 2 heterocycles. The minimum Gasteiger partial charge on any atom is -0.358 e. The Kier molecular flexibility index (Phi) is 4.54. The third-order valence-electron chi connectivity index (χ3n) is 3.74. The van der Waals surface area contributed by atoms with Crippen molar-refractivity contribution in [3.05, 3.63) is 0 Å². The number of carbonyl (C=O) groups excluding carboxylic acids is 2. The maximum atomic E-state index is 12.2. The summed E-state index contributed by atoms with van der Waals surface area (Å²) in [6.45, 7) is 5.27. The highest BCUT2D eigenvalue weighted by Gasteiger charge is 2.29. The second-order valence-corrected chi connectivity index (χ2v) is 4.96. The van der Waals surface area contributed by atoms with Gasteiger partial charge in [0.25, 0.3) is 0 Å². The first-order chi connectivity index (χ1) is 8.70. The zero-order chi connectivity index (χ0) is 13.0. The fourth-order valence-corrected chi connectivity index (χ4v) is 2.53. The highest BCUT2D eigenvalue weighted by Crippen LogP contribution is 2.13. The number of carbonyl (C=O) groups is 2.